The molecule has 28 heavy (non-hydrogen) atoms. The van der Waals surface area contributed by atoms with Crippen LogP contribution in [0, 0.1) is 6.92 Å². The van der Waals surface area contributed by atoms with E-state index in [1.54, 1.807) is 0 Å². The van der Waals surface area contributed by atoms with Gasteiger partial charge in [-0.05, 0) is 31.9 Å². The highest BCUT2D eigenvalue weighted by atomic mass is 16.5. The summed E-state index contributed by atoms with van der Waals surface area (Å²) in [6.45, 7) is 2.32. The number of aromatic nitrogens is 3. The standard InChI is InChI=1S/C22H26N4O2/c1-16-10-12-17(13-11-16)21-23-22(28-24-21)19-9-6-14-26(19)15-20(27)25(2)18-7-4-3-5-8-18/h6,9-14,18H,3-5,7-8,15H2,1-2H3. The van der Waals surface area contributed by atoms with Gasteiger partial charge in [-0.1, -0.05) is 54.2 Å². The number of hydrogen-bond acceptors (Lipinski definition) is 4. The summed E-state index contributed by atoms with van der Waals surface area (Å²) in [6, 6.07) is 12.2. The van der Waals surface area contributed by atoms with E-state index in [0.29, 0.717) is 17.8 Å². The lowest BCUT2D eigenvalue weighted by Gasteiger charge is -2.31. The topological polar surface area (TPSA) is 64.2 Å². The van der Waals surface area contributed by atoms with E-state index in [-0.39, 0.29) is 12.5 Å². The van der Waals surface area contributed by atoms with Gasteiger partial charge in [-0.3, -0.25) is 4.79 Å². The molecule has 0 radical (unpaired) electrons. The average Bonchev–Trinajstić information content (AvgIpc) is 3.38. The van der Waals surface area contributed by atoms with E-state index in [4.69, 9.17) is 4.52 Å². The highest BCUT2D eigenvalue weighted by Crippen LogP contribution is 2.25. The highest BCUT2D eigenvalue weighted by molar-refractivity contribution is 5.77. The molecule has 0 bridgehead atoms. The van der Waals surface area contributed by atoms with Gasteiger partial charge in [0.15, 0.2) is 0 Å². The minimum Gasteiger partial charge on any atom is -0.341 e. The van der Waals surface area contributed by atoms with Crippen molar-refractivity contribution >= 4 is 5.91 Å². The van der Waals surface area contributed by atoms with Crippen molar-refractivity contribution < 1.29 is 9.32 Å². The van der Waals surface area contributed by atoms with Crippen LogP contribution in [0.5, 0.6) is 0 Å². The van der Waals surface area contributed by atoms with E-state index >= 15 is 0 Å². The molecule has 6 nitrogen and oxygen atoms in total. The van der Waals surface area contributed by atoms with Crippen molar-refractivity contribution in [2.24, 2.45) is 0 Å². The van der Waals surface area contributed by atoms with Crippen molar-refractivity contribution in [3.63, 3.8) is 0 Å². The van der Waals surface area contributed by atoms with Crippen LogP contribution in [0.3, 0.4) is 0 Å². The Hall–Kier alpha value is -2.89. The Morgan fingerprint density at radius 1 is 1.18 bits per heavy atom. The second kappa shape index (κ2) is 8.00. The van der Waals surface area contributed by atoms with Crippen molar-refractivity contribution in [1.82, 2.24) is 19.6 Å². The summed E-state index contributed by atoms with van der Waals surface area (Å²) >= 11 is 0. The summed E-state index contributed by atoms with van der Waals surface area (Å²) in [4.78, 5) is 19.2. The van der Waals surface area contributed by atoms with Gasteiger partial charge in [0, 0.05) is 24.8 Å². The van der Waals surface area contributed by atoms with Crippen LogP contribution in [-0.2, 0) is 11.3 Å². The first-order chi connectivity index (χ1) is 13.6. The molecule has 1 aliphatic rings. The summed E-state index contributed by atoms with van der Waals surface area (Å²) in [7, 11) is 1.92. The van der Waals surface area contributed by atoms with E-state index in [2.05, 4.69) is 10.1 Å². The molecule has 2 heterocycles. The zero-order valence-electron chi connectivity index (χ0n) is 16.5. The molecule has 1 fully saturated rings. The van der Waals surface area contributed by atoms with E-state index in [1.165, 1.54) is 24.8 Å². The molecule has 0 saturated heterocycles. The maximum absolute atomic E-state index is 12.8. The van der Waals surface area contributed by atoms with Crippen LogP contribution >= 0.6 is 0 Å². The van der Waals surface area contributed by atoms with Crippen LogP contribution in [0.25, 0.3) is 23.0 Å². The van der Waals surface area contributed by atoms with Crippen LogP contribution in [0.2, 0.25) is 0 Å². The maximum atomic E-state index is 12.8. The van der Waals surface area contributed by atoms with Crippen LogP contribution in [0.15, 0.2) is 47.1 Å². The van der Waals surface area contributed by atoms with E-state index in [1.807, 2.05) is 66.0 Å². The van der Waals surface area contributed by atoms with Gasteiger partial charge in [-0.25, -0.2) is 0 Å². The Balaban J connectivity index is 1.50. The fourth-order valence-electron chi connectivity index (χ4n) is 3.82. The Morgan fingerprint density at radius 2 is 1.93 bits per heavy atom. The number of benzene rings is 1. The number of amides is 1. The van der Waals surface area contributed by atoms with Gasteiger partial charge in [-0.15, -0.1) is 0 Å². The monoisotopic (exact) mass is 378 g/mol. The van der Waals surface area contributed by atoms with Crippen molar-refractivity contribution in [3.8, 4) is 23.0 Å². The van der Waals surface area contributed by atoms with E-state index < -0.39 is 0 Å². The normalized spacial score (nSPS) is 14.9. The van der Waals surface area contributed by atoms with E-state index in [9.17, 15) is 4.79 Å². The Morgan fingerprint density at radius 3 is 2.68 bits per heavy atom. The molecule has 4 rings (SSSR count). The molecule has 1 aliphatic carbocycles. The second-order valence-electron chi connectivity index (χ2n) is 7.61. The summed E-state index contributed by atoms with van der Waals surface area (Å²) in [5, 5.41) is 4.11. The fourth-order valence-corrected chi connectivity index (χ4v) is 3.82. The van der Waals surface area contributed by atoms with Gasteiger partial charge < -0.3 is 14.0 Å². The van der Waals surface area contributed by atoms with Gasteiger partial charge in [0.2, 0.25) is 11.7 Å². The third-order valence-electron chi connectivity index (χ3n) is 5.61. The molecular formula is C22H26N4O2. The first-order valence-electron chi connectivity index (χ1n) is 9.94. The molecule has 1 aromatic carbocycles. The summed E-state index contributed by atoms with van der Waals surface area (Å²) in [5.41, 5.74) is 2.85. The van der Waals surface area contributed by atoms with Crippen molar-refractivity contribution in [3.05, 3.63) is 48.2 Å². The number of hydrogen-bond donors (Lipinski definition) is 0. The number of carbonyl (C=O) groups is 1. The highest BCUT2D eigenvalue weighted by Gasteiger charge is 2.23. The Kier molecular flexibility index (Phi) is 5.28. The lowest BCUT2D eigenvalue weighted by Crippen LogP contribution is -2.40. The molecule has 2 aromatic heterocycles. The largest absolute Gasteiger partial charge is 0.341 e. The lowest BCUT2D eigenvalue weighted by molar-refractivity contribution is -0.133. The molecule has 1 saturated carbocycles. The summed E-state index contributed by atoms with van der Waals surface area (Å²) in [6.07, 6.45) is 7.79. The number of rotatable bonds is 5. The van der Waals surface area contributed by atoms with Crippen LogP contribution in [0.4, 0.5) is 0 Å². The van der Waals surface area contributed by atoms with Gasteiger partial charge in [0.1, 0.15) is 12.2 Å². The van der Waals surface area contributed by atoms with Crippen LogP contribution in [-0.4, -0.2) is 38.6 Å². The summed E-state index contributed by atoms with van der Waals surface area (Å²) in [5.74, 6) is 1.09. The zero-order valence-corrected chi connectivity index (χ0v) is 16.5. The molecule has 6 heteroatoms. The van der Waals surface area contributed by atoms with Crippen molar-refractivity contribution in [2.75, 3.05) is 7.05 Å². The van der Waals surface area contributed by atoms with Crippen LogP contribution in [0.1, 0.15) is 37.7 Å². The molecular weight excluding hydrogens is 352 g/mol. The number of carbonyl (C=O) groups excluding carboxylic acids is 1. The Labute approximate surface area is 165 Å². The first kappa shape index (κ1) is 18.5. The Bertz CT molecular complexity index is 936. The van der Waals surface area contributed by atoms with Crippen molar-refractivity contribution in [1.29, 1.82) is 0 Å². The van der Waals surface area contributed by atoms with Gasteiger partial charge in [0.05, 0.1) is 0 Å². The molecule has 146 valence electrons. The SMILES string of the molecule is Cc1ccc(-c2noc(-c3cccn3CC(=O)N(C)C3CCCCC3)n2)cc1. The third kappa shape index (κ3) is 3.86. The quantitative estimate of drug-likeness (QED) is 0.664. The van der Waals surface area contributed by atoms with Crippen LogP contribution < -0.4 is 0 Å². The number of likely N-dealkylation sites (N-methyl/N-ethyl adjacent to an activating group) is 1. The minimum absolute atomic E-state index is 0.114. The number of nitrogens with zero attached hydrogens (tertiary/aromatic N) is 4. The lowest BCUT2D eigenvalue weighted by atomic mass is 9.94. The fraction of sp³-hybridized carbons (Fsp3) is 0.409. The predicted molar refractivity (Wildman–Crippen MR) is 108 cm³/mol. The zero-order chi connectivity index (χ0) is 19.5. The van der Waals surface area contributed by atoms with Gasteiger partial charge in [-0.2, -0.15) is 4.98 Å². The maximum Gasteiger partial charge on any atom is 0.274 e. The second-order valence-corrected chi connectivity index (χ2v) is 7.61. The molecule has 0 aliphatic heterocycles. The summed E-state index contributed by atoms with van der Waals surface area (Å²) < 4.78 is 7.37. The third-order valence-corrected chi connectivity index (χ3v) is 5.61. The molecule has 0 atom stereocenters. The van der Waals surface area contributed by atoms with Gasteiger partial charge >= 0.3 is 0 Å². The molecule has 3 aromatic rings. The molecule has 0 N–H and O–H groups in total. The predicted octanol–water partition coefficient (Wildman–Crippen LogP) is 4.30. The minimum atomic E-state index is 0.114. The molecule has 0 unspecified atom stereocenters. The van der Waals surface area contributed by atoms with Gasteiger partial charge in [0.25, 0.3) is 5.89 Å². The van der Waals surface area contributed by atoms with E-state index in [0.717, 1.165) is 24.1 Å². The first-order valence-corrected chi connectivity index (χ1v) is 9.94. The number of aryl methyl sites for hydroxylation is 1. The van der Waals surface area contributed by atoms with Crippen molar-refractivity contribution in [2.45, 2.75) is 51.6 Å². The molecule has 0 spiro atoms. The average molecular weight is 378 g/mol. The smallest absolute Gasteiger partial charge is 0.274 e. The molecule has 1 amide bonds.